The summed E-state index contributed by atoms with van der Waals surface area (Å²) >= 11 is 0. The molecular weight excluding hydrogens is 468 g/mol. The standard InChI is InChI=1S/C19H29F3N4.HI/c1-14(2)26-9-5-7-16(13-26)12-25-18(23-3)24-11-15-6-4-8-17(10-15)19(20,21)22;/h4,6,8,10,14,16H,5,7,9,11-13H2,1-3H3,(H2,23,24,25);1H. The van der Waals surface area contributed by atoms with E-state index in [1.807, 2.05) is 0 Å². The lowest BCUT2D eigenvalue weighted by atomic mass is 9.97. The summed E-state index contributed by atoms with van der Waals surface area (Å²) in [5.74, 6) is 1.17. The predicted molar refractivity (Wildman–Crippen MR) is 114 cm³/mol. The second kappa shape index (κ2) is 11.1. The summed E-state index contributed by atoms with van der Waals surface area (Å²) in [6.07, 6.45) is -1.94. The number of nitrogens with zero attached hydrogens (tertiary/aromatic N) is 2. The zero-order valence-corrected chi connectivity index (χ0v) is 18.5. The predicted octanol–water partition coefficient (Wildman–Crippen LogP) is 4.11. The minimum Gasteiger partial charge on any atom is -0.356 e. The zero-order chi connectivity index (χ0) is 19.2. The Bertz CT molecular complexity index is 605. The number of nitrogens with one attached hydrogen (secondary N) is 2. The number of rotatable bonds is 5. The molecule has 1 heterocycles. The van der Waals surface area contributed by atoms with Gasteiger partial charge in [-0.25, -0.2) is 0 Å². The van der Waals surface area contributed by atoms with Crippen molar-refractivity contribution in [1.82, 2.24) is 15.5 Å². The molecule has 4 nitrogen and oxygen atoms in total. The molecule has 1 aromatic carbocycles. The number of likely N-dealkylation sites (tertiary alicyclic amines) is 1. The van der Waals surface area contributed by atoms with Gasteiger partial charge in [-0.1, -0.05) is 12.1 Å². The number of piperidine rings is 1. The Morgan fingerprint density at radius 2 is 2.04 bits per heavy atom. The Kier molecular flexibility index (Phi) is 9.86. The van der Waals surface area contributed by atoms with Gasteiger partial charge in [0.1, 0.15) is 0 Å². The number of alkyl halides is 3. The first-order valence-corrected chi connectivity index (χ1v) is 9.14. The fourth-order valence-electron chi connectivity index (χ4n) is 3.24. The van der Waals surface area contributed by atoms with E-state index in [9.17, 15) is 13.2 Å². The van der Waals surface area contributed by atoms with Crippen LogP contribution in [-0.2, 0) is 12.7 Å². The second-order valence-corrected chi connectivity index (χ2v) is 7.10. The van der Waals surface area contributed by atoms with Crippen LogP contribution < -0.4 is 10.6 Å². The van der Waals surface area contributed by atoms with E-state index in [0.717, 1.165) is 25.7 Å². The summed E-state index contributed by atoms with van der Waals surface area (Å²) in [4.78, 5) is 6.65. The van der Waals surface area contributed by atoms with E-state index in [1.54, 1.807) is 13.1 Å². The van der Waals surface area contributed by atoms with Crippen LogP contribution in [-0.4, -0.2) is 43.6 Å². The van der Waals surface area contributed by atoms with E-state index in [4.69, 9.17) is 0 Å². The highest BCUT2D eigenvalue weighted by Crippen LogP contribution is 2.29. The first-order chi connectivity index (χ1) is 12.3. The van der Waals surface area contributed by atoms with E-state index < -0.39 is 11.7 Å². The quantitative estimate of drug-likeness (QED) is 0.365. The molecule has 0 saturated carbocycles. The maximum absolute atomic E-state index is 12.8. The first-order valence-electron chi connectivity index (χ1n) is 9.14. The summed E-state index contributed by atoms with van der Waals surface area (Å²) in [6.45, 7) is 7.75. The first kappa shape index (κ1) is 24.0. The SMILES string of the molecule is CN=C(NCc1cccc(C(F)(F)F)c1)NCC1CCCN(C(C)C)C1.I. The third-order valence-electron chi connectivity index (χ3n) is 4.78. The van der Waals surface area contributed by atoms with Crippen LogP contribution in [0.3, 0.4) is 0 Å². The monoisotopic (exact) mass is 498 g/mol. The van der Waals surface area contributed by atoms with Crippen molar-refractivity contribution < 1.29 is 13.2 Å². The van der Waals surface area contributed by atoms with E-state index >= 15 is 0 Å². The van der Waals surface area contributed by atoms with Crippen molar-refractivity contribution in [1.29, 1.82) is 0 Å². The summed E-state index contributed by atoms with van der Waals surface area (Å²) < 4.78 is 38.4. The molecule has 1 atom stereocenters. The summed E-state index contributed by atoms with van der Waals surface area (Å²) in [5.41, 5.74) is -0.0536. The van der Waals surface area contributed by atoms with Gasteiger partial charge < -0.3 is 15.5 Å². The van der Waals surface area contributed by atoms with Gasteiger partial charge >= 0.3 is 6.18 Å². The molecule has 0 bridgehead atoms. The van der Waals surface area contributed by atoms with Crippen molar-refractivity contribution in [2.45, 2.75) is 45.5 Å². The number of benzene rings is 1. The van der Waals surface area contributed by atoms with Crippen LogP contribution >= 0.6 is 24.0 Å². The summed E-state index contributed by atoms with van der Waals surface area (Å²) in [6, 6.07) is 5.91. The van der Waals surface area contributed by atoms with Gasteiger partial charge in [0.15, 0.2) is 5.96 Å². The maximum Gasteiger partial charge on any atom is 0.416 e. The smallest absolute Gasteiger partial charge is 0.356 e. The molecule has 2 N–H and O–H groups in total. The topological polar surface area (TPSA) is 39.7 Å². The van der Waals surface area contributed by atoms with Gasteiger partial charge in [0.05, 0.1) is 5.56 Å². The van der Waals surface area contributed by atoms with Gasteiger partial charge in [-0.15, -0.1) is 24.0 Å². The van der Waals surface area contributed by atoms with Crippen LogP contribution in [0.15, 0.2) is 29.3 Å². The number of halogens is 4. The highest BCUT2D eigenvalue weighted by atomic mass is 127. The zero-order valence-electron chi connectivity index (χ0n) is 16.1. The second-order valence-electron chi connectivity index (χ2n) is 7.10. The van der Waals surface area contributed by atoms with Crippen LogP contribution in [0.1, 0.15) is 37.8 Å². The normalized spacial score (nSPS) is 18.9. The highest BCUT2D eigenvalue weighted by molar-refractivity contribution is 14.0. The molecule has 2 rings (SSSR count). The van der Waals surface area contributed by atoms with Gasteiger partial charge in [0.2, 0.25) is 0 Å². The van der Waals surface area contributed by atoms with Crippen LogP contribution in [0.25, 0.3) is 0 Å². The molecule has 0 amide bonds. The summed E-state index contributed by atoms with van der Waals surface area (Å²) in [5, 5.41) is 6.40. The van der Waals surface area contributed by atoms with Gasteiger partial charge in [-0.2, -0.15) is 13.2 Å². The number of guanidine groups is 1. The molecule has 1 aromatic rings. The van der Waals surface area contributed by atoms with Crippen LogP contribution in [0.5, 0.6) is 0 Å². The minimum atomic E-state index is -4.32. The Hall–Kier alpha value is -1.03. The number of hydrogen-bond donors (Lipinski definition) is 2. The molecule has 27 heavy (non-hydrogen) atoms. The molecule has 0 radical (unpaired) electrons. The fourth-order valence-corrected chi connectivity index (χ4v) is 3.24. The van der Waals surface area contributed by atoms with Gasteiger partial charge in [-0.05, 0) is 56.8 Å². The molecule has 0 aromatic heterocycles. The molecular formula is C19H30F3IN4. The number of aliphatic imine (C=N–C) groups is 1. The average molecular weight is 498 g/mol. The Balaban J connectivity index is 0.00000364. The lowest BCUT2D eigenvalue weighted by molar-refractivity contribution is -0.137. The molecule has 1 unspecified atom stereocenters. The van der Waals surface area contributed by atoms with Crippen molar-refractivity contribution in [2.75, 3.05) is 26.7 Å². The van der Waals surface area contributed by atoms with Crippen molar-refractivity contribution >= 4 is 29.9 Å². The van der Waals surface area contributed by atoms with Crippen LogP contribution in [0.2, 0.25) is 0 Å². The third-order valence-corrected chi connectivity index (χ3v) is 4.78. The minimum absolute atomic E-state index is 0. The Morgan fingerprint density at radius 3 is 2.67 bits per heavy atom. The van der Waals surface area contributed by atoms with Crippen molar-refractivity contribution in [2.24, 2.45) is 10.9 Å². The lowest BCUT2D eigenvalue weighted by Gasteiger charge is -2.35. The molecule has 1 aliphatic rings. The van der Waals surface area contributed by atoms with Gasteiger partial charge in [-0.3, -0.25) is 4.99 Å². The fraction of sp³-hybridized carbons (Fsp3) is 0.632. The molecule has 8 heteroatoms. The van der Waals surface area contributed by atoms with Crippen LogP contribution in [0.4, 0.5) is 13.2 Å². The maximum atomic E-state index is 12.8. The third kappa shape index (κ3) is 7.85. The summed E-state index contributed by atoms with van der Waals surface area (Å²) in [7, 11) is 1.67. The van der Waals surface area contributed by atoms with Gasteiger partial charge in [0, 0.05) is 32.7 Å². The van der Waals surface area contributed by atoms with Crippen molar-refractivity contribution in [3.8, 4) is 0 Å². The Morgan fingerprint density at radius 1 is 1.30 bits per heavy atom. The van der Waals surface area contributed by atoms with Crippen molar-refractivity contribution in [3.05, 3.63) is 35.4 Å². The van der Waals surface area contributed by atoms with E-state index in [1.165, 1.54) is 25.0 Å². The molecule has 1 fully saturated rings. The average Bonchev–Trinajstić information content (AvgIpc) is 2.61. The van der Waals surface area contributed by atoms with E-state index in [2.05, 4.69) is 34.4 Å². The van der Waals surface area contributed by atoms with E-state index in [-0.39, 0.29) is 24.0 Å². The van der Waals surface area contributed by atoms with Crippen molar-refractivity contribution in [3.63, 3.8) is 0 Å². The highest BCUT2D eigenvalue weighted by Gasteiger charge is 2.30. The molecule has 1 saturated heterocycles. The molecule has 154 valence electrons. The molecule has 0 spiro atoms. The van der Waals surface area contributed by atoms with Gasteiger partial charge in [0.25, 0.3) is 0 Å². The molecule has 0 aliphatic carbocycles. The van der Waals surface area contributed by atoms with Crippen LogP contribution in [0, 0.1) is 5.92 Å². The number of hydrogen-bond acceptors (Lipinski definition) is 2. The molecule has 1 aliphatic heterocycles. The largest absolute Gasteiger partial charge is 0.416 e. The van der Waals surface area contributed by atoms with E-state index in [0.29, 0.717) is 30.0 Å². The Labute approximate surface area is 177 Å². The lowest BCUT2D eigenvalue weighted by Crippen LogP contribution is -2.45.